The van der Waals surface area contributed by atoms with Gasteiger partial charge in [-0.15, -0.1) is 0 Å². The standard InChI is InChI=1S/C20H32O/c1-19-12-4-3-6-14(19)9-10-15-16-7-5-8-18(21)20(16,2)13-11-17(15)19/h14-17H,3-13H2,1-2H3. The van der Waals surface area contributed by atoms with Gasteiger partial charge in [-0.3, -0.25) is 4.79 Å². The lowest BCUT2D eigenvalue weighted by molar-refractivity contribution is -0.154. The molecule has 118 valence electrons. The van der Waals surface area contributed by atoms with E-state index in [0.717, 1.165) is 30.1 Å². The van der Waals surface area contributed by atoms with Crippen LogP contribution >= 0.6 is 0 Å². The molecule has 0 amide bonds. The first-order valence-electron chi connectivity index (χ1n) is 9.59. The van der Waals surface area contributed by atoms with Crippen molar-refractivity contribution in [2.45, 2.75) is 84.5 Å². The smallest absolute Gasteiger partial charge is 0.139 e. The van der Waals surface area contributed by atoms with E-state index in [1.54, 1.807) is 0 Å². The summed E-state index contributed by atoms with van der Waals surface area (Å²) in [5.74, 6) is 4.12. The van der Waals surface area contributed by atoms with E-state index in [4.69, 9.17) is 0 Å². The van der Waals surface area contributed by atoms with Crippen molar-refractivity contribution < 1.29 is 4.79 Å². The summed E-state index contributed by atoms with van der Waals surface area (Å²) in [6.45, 7) is 4.95. The van der Waals surface area contributed by atoms with Gasteiger partial charge >= 0.3 is 0 Å². The largest absolute Gasteiger partial charge is 0.299 e. The summed E-state index contributed by atoms with van der Waals surface area (Å²) >= 11 is 0. The third-order valence-corrected chi connectivity index (χ3v) is 8.53. The molecule has 0 aromatic rings. The fraction of sp³-hybridized carbons (Fsp3) is 0.950. The van der Waals surface area contributed by atoms with Gasteiger partial charge < -0.3 is 0 Å². The highest BCUT2D eigenvalue weighted by Crippen LogP contribution is 2.64. The highest BCUT2D eigenvalue weighted by molar-refractivity contribution is 5.85. The molecule has 0 aliphatic heterocycles. The van der Waals surface area contributed by atoms with Gasteiger partial charge in [-0.1, -0.05) is 26.7 Å². The number of hydrogen-bond donors (Lipinski definition) is 0. The first-order valence-corrected chi connectivity index (χ1v) is 9.59. The number of ketones is 1. The van der Waals surface area contributed by atoms with Crippen LogP contribution in [0.15, 0.2) is 0 Å². The van der Waals surface area contributed by atoms with Gasteiger partial charge in [-0.25, -0.2) is 0 Å². The maximum absolute atomic E-state index is 12.6. The highest BCUT2D eigenvalue weighted by atomic mass is 16.1. The van der Waals surface area contributed by atoms with E-state index in [1.165, 1.54) is 64.2 Å². The second-order valence-electron chi connectivity index (χ2n) is 9.17. The summed E-state index contributed by atoms with van der Waals surface area (Å²) in [4.78, 5) is 12.6. The summed E-state index contributed by atoms with van der Waals surface area (Å²) in [6, 6.07) is 0. The Bertz CT molecular complexity index is 441. The Labute approximate surface area is 130 Å². The van der Waals surface area contributed by atoms with Gasteiger partial charge in [0.15, 0.2) is 0 Å². The van der Waals surface area contributed by atoms with Crippen LogP contribution in [0.5, 0.6) is 0 Å². The van der Waals surface area contributed by atoms with E-state index in [0.29, 0.717) is 11.2 Å². The molecule has 4 fully saturated rings. The molecule has 4 saturated carbocycles. The number of Topliss-reactive ketones (excluding diaryl/α,β-unsaturated/α-hetero) is 1. The SMILES string of the molecule is CC12CCC3C(CCC4CCCCC43C)C1CCCC2=O. The van der Waals surface area contributed by atoms with E-state index in [1.807, 2.05) is 0 Å². The molecule has 0 aromatic heterocycles. The predicted molar refractivity (Wildman–Crippen MR) is 86.0 cm³/mol. The van der Waals surface area contributed by atoms with Crippen LogP contribution in [0.1, 0.15) is 84.5 Å². The Kier molecular flexibility index (Phi) is 3.28. The fourth-order valence-corrected chi connectivity index (χ4v) is 7.26. The lowest BCUT2D eigenvalue weighted by Crippen LogP contribution is -2.55. The molecule has 6 unspecified atom stereocenters. The van der Waals surface area contributed by atoms with Gasteiger partial charge in [0.25, 0.3) is 0 Å². The number of fused-ring (bicyclic) bond motifs is 5. The van der Waals surface area contributed by atoms with E-state index >= 15 is 0 Å². The van der Waals surface area contributed by atoms with Gasteiger partial charge in [0, 0.05) is 11.8 Å². The van der Waals surface area contributed by atoms with Crippen LogP contribution in [0.3, 0.4) is 0 Å². The quantitative estimate of drug-likeness (QED) is 0.585. The van der Waals surface area contributed by atoms with Crippen LogP contribution in [0.25, 0.3) is 0 Å². The molecule has 0 spiro atoms. The lowest BCUT2D eigenvalue weighted by Gasteiger charge is -2.61. The molecular formula is C20H32O. The minimum absolute atomic E-state index is 0.0529. The Balaban J connectivity index is 1.65. The van der Waals surface area contributed by atoms with Crippen LogP contribution in [0, 0.1) is 34.5 Å². The molecule has 0 radical (unpaired) electrons. The average Bonchev–Trinajstić information content (AvgIpc) is 2.47. The Morgan fingerprint density at radius 3 is 2.57 bits per heavy atom. The summed E-state index contributed by atoms with van der Waals surface area (Å²) in [5, 5.41) is 0. The van der Waals surface area contributed by atoms with Crippen molar-refractivity contribution in [3.8, 4) is 0 Å². The van der Waals surface area contributed by atoms with Crippen molar-refractivity contribution in [2.75, 3.05) is 0 Å². The fourth-order valence-electron chi connectivity index (χ4n) is 7.26. The van der Waals surface area contributed by atoms with Gasteiger partial charge in [0.2, 0.25) is 0 Å². The summed E-state index contributed by atoms with van der Waals surface area (Å²) < 4.78 is 0. The number of hydrogen-bond acceptors (Lipinski definition) is 1. The molecule has 0 saturated heterocycles. The second kappa shape index (κ2) is 4.83. The molecule has 6 atom stereocenters. The highest BCUT2D eigenvalue weighted by Gasteiger charge is 2.58. The van der Waals surface area contributed by atoms with Crippen molar-refractivity contribution in [3.05, 3.63) is 0 Å². The second-order valence-corrected chi connectivity index (χ2v) is 9.17. The van der Waals surface area contributed by atoms with Crippen LogP contribution in [-0.4, -0.2) is 5.78 Å². The molecule has 0 bridgehead atoms. The number of carbonyl (C=O) groups is 1. The number of rotatable bonds is 0. The summed E-state index contributed by atoms with van der Waals surface area (Å²) in [7, 11) is 0. The monoisotopic (exact) mass is 288 g/mol. The lowest BCUT2D eigenvalue weighted by atomic mass is 9.43. The third-order valence-electron chi connectivity index (χ3n) is 8.53. The van der Waals surface area contributed by atoms with Crippen molar-refractivity contribution in [2.24, 2.45) is 34.5 Å². The molecule has 0 N–H and O–H groups in total. The van der Waals surface area contributed by atoms with Crippen LogP contribution in [0.4, 0.5) is 0 Å². The maximum Gasteiger partial charge on any atom is 0.139 e. The van der Waals surface area contributed by atoms with Crippen molar-refractivity contribution in [3.63, 3.8) is 0 Å². The zero-order valence-corrected chi connectivity index (χ0v) is 14.0. The van der Waals surface area contributed by atoms with E-state index in [9.17, 15) is 4.79 Å². The van der Waals surface area contributed by atoms with E-state index in [-0.39, 0.29) is 5.41 Å². The van der Waals surface area contributed by atoms with Crippen molar-refractivity contribution in [1.82, 2.24) is 0 Å². The molecule has 4 aliphatic rings. The minimum Gasteiger partial charge on any atom is -0.299 e. The van der Waals surface area contributed by atoms with Crippen molar-refractivity contribution in [1.29, 1.82) is 0 Å². The normalized spacial score (nSPS) is 53.5. The van der Waals surface area contributed by atoms with E-state index in [2.05, 4.69) is 13.8 Å². The molecule has 4 rings (SSSR count). The first-order chi connectivity index (χ1) is 10.1. The molecule has 1 nitrogen and oxygen atoms in total. The van der Waals surface area contributed by atoms with Crippen LogP contribution in [-0.2, 0) is 4.79 Å². The molecule has 1 heteroatoms. The van der Waals surface area contributed by atoms with Gasteiger partial charge in [0.1, 0.15) is 5.78 Å². The average molecular weight is 288 g/mol. The molecule has 0 heterocycles. The summed E-state index contributed by atoms with van der Waals surface area (Å²) in [5.41, 5.74) is 0.667. The zero-order chi connectivity index (χ0) is 14.7. The minimum atomic E-state index is 0.0529. The first kappa shape index (κ1) is 14.3. The van der Waals surface area contributed by atoms with Gasteiger partial charge in [-0.2, -0.15) is 0 Å². The Morgan fingerprint density at radius 1 is 0.857 bits per heavy atom. The zero-order valence-electron chi connectivity index (χ0n) is 14.0. The van der Waals surface area contributed by atoms with Gasteiger partial charge in [-0.05, 0) is 80.5 Å². The van der Waals surface area contributed by atoms with Crippen molar-refractivity contribution >= 4 is 5.78 Å². The van der Waals surface area contributed by atoms with Crippen LogP contribution < -0.4 is 0 Å². The predicted octanol–water partition coefficient (Wildman–Crippen LogP) is 5.38. The van der Waals surface area contributed by atoms with Crippen LogP contribution in [0.2, 0.25) is 0 Å². The molecule has 0 aromatic carbocycles. The molecule has 21 heavy (non-hydrogen) atoms. The van der Waals surface area contributed by atoms with Gasteiger partial charge in [0.05, 0.1) is 0 Å². The summed E-state index contributed by atoms with van der Waals surface area (Å²) in [6.07, 6.45) is 14.7. The number of carbonyl (C=O) groups excluding carboxylic acids is 1. The molecule has 4 aliphatic carbocycles. The maximum atomic E-state index is 12.6. The third kappa shape index (κ3) is 1.91. The van der Waals surface area contributed by atoms with E-state index < -0.39 is 0 Å². The Hall–Kier alpha value is -0.330. The molecular weight excluding hydrogens is 256 g/mol. The Morgan fingerprint density at radius 2 is 1.71 bits per heavy atom. The topological polar surface area (TPSA) is 17.1 Å².